The number of nitrogens with zero attached hydrogens (tertiary/aromatic N) is 3. The molecule has 6 nitrogen and oxygen atoms in total. The summed E-state index contributed by atoms with van der Waals surface area (Å²) in [5.74, 6) is 0.505. The van der Waals surface area contributed by atoms with Crippen LogP contribution in [-0.4, -0.2) is 22.2 Å². The molecule has 0 aliphatic heterocycles. The van der Waals surface area contributed by atoms with Gasteiger partial charge in [0.05, 0.1) is 7.11 Å². The van der Waals surface area contributed by atoms with E-state index in [4.69, 9.17) is 20.9 Å². The fourth-order valence-corrected chi connectivity index (χ4v) is 1.97. The van der Waals surface area contributed by atoms with Gasteiger partial charge < -0.3 is 14.6 Å². The molecule has 3 rings (SSSR count). The SMILES string of the molecule is COc1ccc(-c2cc(Nc3ccnc(Cl)n3)on2)cc1F. The fraction of sp³-hybridized carbons (Fsp3) is 0.0714. The third-order valence-electron chi connectivity index (χ3n) is 2.84. The molecule has 0 radical (unpaired) electrons. The van der Waals surface area contributed by atoms with Gasteiger partial charge in [-0.1, -0.05) is 5.16 Å². The minimum Gasteiger partial charge on any atom is -0.494 e. The van der Waals surface area contributed by atoms with Crippen molar-refractivity contribution in [3.8, 4) is 17.0 Å². The van der Waals surface area contributed by atoms with Gasteiger partial charge in [-0.2, -0.15) is 0 Å². The molecular formula is C14H10ClFN4O2. The minimum atomic E-state index is -0.472. The summed E-state index contributed by atoms with van der Waals surface area (Å²) in [6, 6.07) is 7.78. The van der Waals surface area contributed by atoms with E-state index in [-0.39, 0.29) is 11.0 Å². The summed E-state index contributed by atoms with van der Waals surface area (Å²) in [6.45, 7) is 0. The number of nitrogens with one attached hydrogen (secondary N) is 1. The van der Waals surface area contributed by atoms with Crippen LogP contribution in [0.5, 0.6) is 5.75 Å². The van der Waals surface area contributed by atoms with Crippen LogP contribution in [0, 0.1) is 5.82 Å². The zero-order chi connectivity index (χ0) is 15.5. The molecule has 1 N–H and O–H groups in total. The van der Waals surface area contributed by atoms with Crippen LogP contribution in [0.3, 0.4) is 0 Å². The standard InChI is InChI=1S/C14H10ClFN4O2/c1-21-11-3-2-8(6-9(11)16)10-7-13(22-20-10)18-12-4-5-17-14(15)19-12/h2-7H,1H3,(H,17,18,19). The zero-order valence-corrected chi connectivity index (χ0v) is 12.1. The molecular weight excluding hydrogens is 311 g/mol. The highest BCUT2D eigenvalue weighted by Crippen LogP contribution is 2.27. The summed E-state index contributed by atoms with van der Waals surface area (Å²) >= 11 is 5.70. The van der Waals surface area contributed by atoms with Crippen molar-refractivity contribution in [2.24, 2.45) is 0 Å². The lowest BCUT2D eigenvalue weighted by Crippen LogP contribution is -1.92. The highest BCUT2D eigenvalue weighted by molar-refractivity contribution is 6.28. The third kappa shape index (κ3) is 2.99. The molecule has 0 unspecified atom stereocenters. The Morgan fingerprint density at radius 3 is 2.86 bits per heavy atom. The molecule has 2 aromatic heterocycles. The highest BCUT2D eigenvalue weighted by Gasteiger charge is 2.10. The largest absolute Gasteiger partial charge is 0.494 e. The van der Waals surface area contributed by atoms with Gasteiger partial charge in [0.2, 0.25) is 11.2 Å². The Bertz CT molecular complexity index is 809. The first-order valence-corrected chi connectivity index (χ1v) is 6.60. The Morgan fingerprint density at radius 2 is 2.14 bits per heavy atom. The normalized spacial score (nSPS) is 10.5. The van der Waals surface area contributed by atoms with Crippen molar-refractivity contribution >= 4 is 23.3 Å². The summed E-state index contributed by atoms with van der Waals surface area (Å²) in [5.41, 5.74) is 1.04. The van der Waals surface area contributed by atoms with Gasteiger partial charge in [0.25, 0.3) is 0 Å². The molecule has 0 bridgehead atoms. The van der Waals surface area contributed by atoms with E-state index in [1.54, 1.807) is 18.2 Å². The van der Waals surface area contributed by atoms with E-state index in [2.05, 4.69) is 20.4 Å². The fourth-order valence-electron chi connectivity index (χ4n) is 1.83. The van der Waals surface area contributed by atoms with Crippen LogP contribution in [0.4, 0.5) is 16.1 Å². The topological polar surface area (TPSA) is 73.1 Å². The van der Waals surface area contributed by atoms with Crippen LogP contribution >= 0.6 is 11.6 Å². The molecule has 0 spiro atoms. The van der Waals surface area contributed by atoms with Crippen LogP contribution in [0.25, 0.3) is 11.3 Å². The van der Waals surface area contributed by atoms with Crippen molar-refractivity contribution in [3.05, 3.63) is 47.6 Å². The van der Waals surface area contributed by atoms with Crippen LogP contribution < -0.4 is 10.1 Å². The lowest BCUT2D eigenvalue weighted by Gasteiger charge is -2.02. The van der Waals surface area contributed by atoms with Crippen molar-refractivity contribution < 1.29 is 13.7 Å². The first-order valence-electron chi connectivity index (χ1n) is 6.22. The molecule has 0 aliphatic carbocycles. The van der Waals surface area contributed by atoms with Gasteiger partial charge in [-0.3, -0.25) is 0 Å². The zero-order valence-electron chi connectivity index (χ0n) is 11.4. The number of methoxy groups -OCH3 is 1. The summed E-state index contributed by atoms with van der Waals surface area (Å²) in [7, 11) is 1.41. The van der Waals surface area contributed by atoms with Crippen molar-refractivity contribution in [1.29, 1.82) is 0 Å². The number of hydrogen-bond acceptors (Lipinski definition) is 6. The molecule has 8 heteroatoms. The van der Waals surface area contributed by atoms with Gasteiger partial charge in [0.1, 0.15) is 11.5 Å². The number of rotatable bonds is 4. The second-order valence-electron chi connectivity index (χ2n) is 4.26. The molecule has 0 fully saturated rings. The summed E-state index contributed by atoms with van der Waals surface area (Å²) in [5, 5.41) is 6.88. The summed E-state index contributed by atoms with van der Waals surface area (Å²) in [4.78, 5) is 7.74. The van der Waals surface area contributed by atoms with Crippen LogP contribution in [0.2, 0.25) is 5.28 Å². The molecule has 0 saturated carbocycles. The predicted octanol–water partition coefficient (Wildman–Crippen LogP) is 3.68. The van der Waals surface area contributed by atoms with Gasteiger partial charge >= 0.3 is 0 Å². The van der Waals surface area contributed by atoms with Crippen molar-refractivity contribution in [2.75, 3.05) is 12.4 Å². The van der Waals surface area contributed by atoms with E-state index in [0.29, 0.717) is 23.0 Å². The van der Waals surface area contributed by atoms with E-state index in [1.807, 2.05) is 0 Å². The van der Waals surface area contributed by atoms with Crippen LogP contribution in [0.15, 0.2) is 41.1 Å². The predicted molar refractivity (Wildman–Crippen MR) is 78.8 cm³/mol. The van der Waals surface area contributed by atoms with E-state index < -0.39 is 5.82 Å². The number of aromatic nitrogens is 3. The molecule has 0 aliphatic rings. The van der Waals surface area contributed by atoms with E-state index in [9.17, 15) is 4.39 Å². The van der Waals surface area contributed by atoms with E-state index in [0.717, 1.165) is 0 Å². The quantitative estimate of drug-likeness (QED) is 0.739. The van der Waals surface area contributed by atoms with E-state index >= 15 is 0 Å². The maximum Gasteiger partial charge on any atom is 0.230 e. The Morgan fingerprint density at radius 1 is 1.27 bits per heavy atom. The number of hydrogen-bond donors (Lipinski definition) is 1. The first-order chi connectivity index (χ1) is 10.7. The Labute approximate surface area is 129 Å². The number of benzene rings is 1. The second kappa shape index (κ2) is 5.98. The highest BCUT2D eigenvalue weighted by atomic mass is 35.5. The molecule has 3 aromatic rings. The number of ether oxygens (including phenoxy) is 1. The molecule has 2 heterocycles. The lowest BCUT2D eigenvalue weighted by molar-refractivity contribution is 0.386. The molecule has 22 heavy (non-hydrogen) atoms. The number of anilines is 2. The maximum atomic E-state index is 13.7. The van der Waals surface area contributed by atoms with Gasteiger partial charge in [-0.15, -0.1) is 0 Å². The maximum absolute atomic E-state index is 13.7. The third-order valence-corrected chi connectivity index (χ3v) is 3.02. The monoisotopic (exact) mass is 320 g/mol. The van der Waals surface area contributed by atoms with Gasteiger partial charge in [0, 0.05) is 17.8 Å². The Hall–Kier alpha value is -2.67. The van der Waals surface area contributed by atoms with Crippen molar-refractivity contribution in [2.45, 2.75) is 0 Å². The number of halogens is 2. The Balaban J connectivity index is 1.83. The van der Waals surface area contributed by atoms with Crippen LogP contribution in [-0.2, 0) is 0 Å². The van der Waals surface area contributed by atoms with Crippen LogP contribution in [0.1, 0.15) is 0 Å². The van der Waals surface area contributed by atoms with Gasteiger partial charge in [0.15, 0.2) is 11.6 Å². The average molecular weight is 321 g/mol. The summed E-state index contributed by atoms with van der Waals surface area (Å²) < 4.78 is 23.7. The molecule has 0 atom stereocenters. The smallest absolute Gasteiger partial charge is 0.230 e. The molecule has 0 saturated heterocycles. The van der Waals surface area contributed by atoms with Crippen molar-refractivity contribution in [1.82, 2.24) is 15.1 Å². The van der Waals surface area contributed by atoms with Crippen molar-refractivity contribution in [3.63, 3.8) is 0 Å². The lowest BCUT2D eigenvalue weighted by atomic mass is 10.1. The molecule has 1 aromatic carbocycles. The first kappa shape index (κ1) is 14.3. The second-order valence-corrected chi connectivity index (χ2v) is 4.60. The average Bonchev–Trinajstić information content (AvgIpc) is 2.95. The molecule has 0 amide bonds. The van der Waals surface area contributed by atoms with Gasteiger partial charge in [-0.05, 0) is 35.9 Å². The van der Waals surface area contributed by atoms with Gasteiger partial charge in [-0.25, -0.2) is 14.4 Å². The minimum absolute atomic E-state index is 0.113. The van der Waals surface area contributed by atoms with E-state index in [1.165, 1.54) is 25.4 Å². The Kier molecular flexibility index (Phi) is 3.88. The summed E-state index contributed by atoms with van der Waals surface area (Å²) in [6.07, 6.45) is 1.51. The molecule has 112 valence electrons.